The van der Waals surface area contributed by atoms with Gasteiger partial charge in [-0.05, 0) is 28.7 Å². The Morgan fingerprint density at radius 3 is 3.00 bits per heavy atom. The molecule has 0 bridgehead atoms. The second-order valence-corrected chi connectivity index (χ2v) is 4.84. The smallest absolute Gasteiger partial charge is 0.228 e. The number of nitrogens with zero attached hydrogens (tertiary/aromatic N) is 2. The molecule has 80 valence electrons. The third kappa shape index (κ3) is 2.09. The second-order valence-electron chi connectivity index (χ2n) is 3.40. The topological polar surface area (TPSA) is 59.2 Å². The zero-order valence-corrected chi connectivity index (χ0v) is 10.7. The molecule has 2 N–H and O–H groups in total. The Kier molecular flexibility index (Phi) is 3.13. The summed E-state index contributed by atoms with van der Waals surface area (Å²) >= 11 is 7.97. The van der Waals surface area contributed by atoms with Gasteiger partial charge in [0.25, 0.3) is 0 Å². The summed E-state index contributed by atoms with van der Waals surface area (Å²) in [4.78, 5) is 17.2. The molecule has 0 spiro atoms. The second kappa shape index (κ2) is 4.23. The van der Waals surface area contributed by atoms with Crippen molar-refractivity contribution in [3.05, 3.63) is 21.0 Å². The minimum Gasteiger partial charge on any atom is -0.326 e. The Hall–Kier alpha value is -0.400. The van der Waals surface area contributed by atoms with Crippen molar-refractivity contribution >= 4 is 45.8 Å². The number of carbonyl (C=O) groups is 1. The molecular formula is C9H9ClIN3O. The van der Waals surface area contributed by atoms with Crippen LogP contribution in [0.2, 0.25) is 5.15 Å². The molecule has 1 saturated heterocycles. The predicted octanol–water partition coefficient (Wildman–Crippen LogP) is 1.40. The summed E-state index contributed by atoms with van der Waals surface area (Å²) in [6, 6.07) is 1.70. The monoisotopic (exact) mass is 337 g/mol. The Morgan fingerprint density at radius 2 is 2.40 bits per heavy atom. The molecule has 0 saturated carbocycles. The SMILES string of the molecule is NC1CC(=O)N(c2ccnc(Cl)c2I)C1. The van der Waals surface area contributed by atoms with E-state index in [1.54, 1.807) is 17.2 Å². The normalized spacial score (nSPS) is 21.1. The molecule has 0 radical (unpaired) electrons. The summed E-state index contributed by atoms with van der Waals surface area (Å²) in [5.41, 5.74) is 6.53. The highest BCUT2D eigenvalue weighted by atomic mass is 127. The summed E-state index contributed by atoms with van der Waals surface area (Å²) in [5.74, 6) is 0.0442. The third-order valence-electron chi connectivity index (χ3n) is 2.27. The van der Waals surface area contributed by atoms with Crippen molar-refractivity contribution in [2.45, 2.75) is 12.5 Å². The lowest BCUT2D eigenvalue weighted by atomic mass is 10.3. The molecule has 1 aromatic rings. The molecule has 15 heavy (non-hydrogen) atoms. The standard InChI is InChI=1S/C9H9ClIN3O/c10-9-8(11)6(1-2-13-9)14-4-5(12)3-7(14)15/h1-2,5H,3-4,12H2. The molecule has 1 aliphatic heterocycles. The van der Waals surface area contributed by atoms with E-state index in [4.69, 9.17) is 17.3 Å². The van der Waals surface area contributed by atoms with Crippen LogP contribution in [0.4, 0.5) is 5.69 Å². The predicted molar refractivity (Wildman–Crippen MR) is 66.9 cm³/mol. The first-order valence-electron chi connectivity index (χ1n) is 4.45. The fourth-order valence-corrected chi connectivity index (χ4v) is 2.35. The molecule has 1 unspecified atom stereocenters. The molecule has 6 heteroatoms. The zero-order chi connectivity index (χ0) is 11.0. The van der Waals surface area contributed by atoms with Gasteiger partial charge >= 0.3 is 0 Å². The minimum atomic E-state index is -0.0831. The molecule has 0 aliphatic carbocycles. The fraction of sp³-hybridized carbons (Fsp3) is 0.333. The first-order valence-corrected chi connectivity index (χ1v) is 5.91. The van der Waals surface area contributed by atoms with Gasteiger partial charge in [0, 0.05) is 25.2 Å². The number of anilines is 1. The first-order chi connectivity index (χ1) is 7.09. The maximum atomic E-state index is 11.6. The largest absolute Gasteiger partial charge is 0.326 e. The van der Waals surface area contributed by atoms with Gasteiger partial charge < -0.3 is 10.6 Å². The van der Waals surface area contributed by atoms with E-state index in [-0.39, 0.29) is 11.9 Å². The van der Waals surface area contributed by atoms with Crippen LogP contribution >= 0.6 is 34.2 Å². The molecule has 1 amide bonds. The van der Waals surface area contributed by atoms with Crippen LogP contribution in [0.25, 0.3) is 0 Å². The Bertz CT molecular complexity index is 412. The summed E-state index contributed by atoms with van der Waals surface area (Å²) < 4.78 is 0.791. The van der Waals surface area contributed by atoms with Gasteiger partial charge in [0.1, 0.15) is 5.15 Å². The van der Waals surface area contributed by atoms with E-state index in [9.17, 15) is 4.79 Å². The average Bonchev–Trinajstić information content (AvgIpc) is 2.50. The summed E-state index contributed by atoms with van der Waals surface area (Å²) in [5, 5.41) is 0.418. The van der Waals surface area contributed by atoms with Gasteiger partial charge in [-0.15, -0.1) is 0 Å². The van der Waals surface area contributed by atoms with E-state index in [0.717, 1.165) is 9.26 Å². The highest BCUT2D eigenvalue weighted by Gasteiger charge is 2.29. The number of hydrogen-bond acceptors (Lipinski definition) is 3. The van der Waals surface area contributed by atoms with E-state index >= 15 is 0 Å². The minimum absolute atomic E-state index is 0.0442. The Morgan fingerprint density at radius 1 is 1.67 bits per heavy atom. The number of aromatic nitrogens is 1. The molecule has 0 aromatic carbocycles. The number of pyridine rings is 1. The lowest BCUT2D eigenvalue weighted by Crippen LogP contribution is -2.28. The van der Waals surface area contributed by atoms with E-state index in [2.05, 4.69) is 27.6 Å². The molecular weight excluding hydrogens is 328 g/mol. The van der Waals surface area contributed by atoms with Crippen molar-refractivity contribution in [1.82, 2.24) is 4.98 Å². The lowest BCUT2D eigenvalue weighted by Gasteiger charge is -2.17. The van der Waals surface area contributed by atoms with Gasteiger partial charge in [-0.2, -0.15) is 0 Å². The number of hydrogen-bond donors (Lipinski definition) is 1. The van der Waals surface area contributed by atoms with Crippen LogP contribution in [0, 0.1) is 3.57 Å². The van der Waals surface area contributed by atoms with Gasteiger partial charge in [-0.1, -0.05) is 11.6 Å². The fourth-order valence-electron chi connectivity index (χ4n) is 1.59. The van der Waals surface area contributed by atoms with Crippen LogP contribution < -0.4 is 10.6 Å². The highest BCUT2D eigenvalue weighted by molar-refractivity contribution is 14.1. The molecule has 2 heterocycles. The van der Waals surface area contributed by atoms with Crippen molar-refractivity contribution < 1.29 is 4.79 Å². The van der Waals surface area contributed by atoms with Crippen LogP contribution in [-0.2, 0) is 4.79 Å². The van der Waals surface area contributed by atoms with Gasteiger partial charge in [0.15, 0.2) is 0 Å². The van der Waals surface area contributed by atoms with Crippen LogP contribution in [0.3, 0.4) is 0 Å². The van der Waals surface area contributed by atoms with Crippen molar-refractivity contribution in [1.29, 1.82) is 0 Å². The molecule has 1 atom stereocenters. The van der Waals surface area contributed by atoms with E-state index in [1.165, 1.54) is 0 Å². The zero-order valence-electron chi connectivity index (χ0n) is 7.78. The molecule has 1 aromatic heterocycles. The van der Waals surface area contributed by atoms with Gasteiger partial charge in [0.05, 0.1) is 9.26 Å². The lowest BCUT2D eigenvalue weighted by molar-refractivity contribution is -0.117. The molecule has 1 aliphatic rings. The van der Waals surface area contributed by atoms with Crippen LogP contribution in [0.15, 0.2) is 12.3 Å². The maximum Gasteiger partial charge on any atom is 0.228 e. The quantitative estimate of drug-likeness (QED) is 0.622. The Balaban J connectivity index is 2.38. The molecule has 1 fully saturated rings. The number of amides is 1. The molecule has 4 nitrogen and oxygen atoms in total. The van der Waals surface area contributed by atoms with Gasteiger partial charge in [-0.25, -0.2) is 4.98 Å². The van der Waals surface area contributed by atoms with Crippen molar-refractivity contribution in [2.75, 3.05) is 11.4 Å². The van der Waals surface area contributed by atoms with Gasteiger partial charge in [-0.3, -0.25) is 4.79 Å². The van der Waals surface area contributed by atoms with Crippen molar-refractivity contribution in [3.8, 4) is 0 Å². The van der Waals surface area contributed by atoms with Gasteiger partial charge in [0.2, 0.25) is 5.91 Å². The van der Waals surface area contributed by atoms with Crippen molar-refractivity contribution in [3.63, 3.8) is 0 Å². The van der Waals surface area contributed by atoms with E-state index < -0.39 is 0 Å². The maximum absolute atomic E-state index is 11.6. The highest BCUT2D eigenvalue weighted by Crippen LogP contribution is 2.29. The number of nitrogens with two attached hydrogens (primary N) is 1. The average molecular weight is 338 g/mol. The first kappa shape index (κ1) is 11.1. The van der Waals surface area contributed by atoms with Crippen LogP contribution in [0.1, 0.15) is 6.42 Å². The molecule has 2 rings (SSSR count). The Labute approximate surface area is 106 Å². The number of halogens is 2. The number of carbonyl (C=O) groups excluding carboxylic acids is 1. The summed E-state index contributed by atoms with van der Waals surface area (Å²) in [6.45, 7) is 0.551. The van der Waals surface area contributed by atoms with Crippen LogP contribution in [0.5, 0.6) is 0 Å². The number of rotatable bonds is 1. The summed E-state index contributed by atoms with van der Waals surface area (Å²) in [6.07, 6.45) is 1.99. The third-order valence-corrected chi connectivity index (χ3v) is 3.94. The van der Waals surface area contributed by atoms with Crippen molar-refractivity contribution in [2.24, 2.45) is 5.73 Å². The summed E-state index contributed by atoms with van der Waals surface area (Å²) in [7, 11) is 0. The van der Waals surface area contributed by atoms with E-state index in [1.807, 2.05) is 0 Å². The van der Waals surface area contributed by atoms with Crippen LogP contribution in [-0.4, -0.2) is 23.5 Å². The van der Waals surface area contributed by atoms with E-state index in [0.29, 0.717) is 18.1 Å².